The highest BCUT2D eigenvalue weighted by Crippen LogP contribution is 2.21. The van der Waals surface area contributed by atoms with Crippen molar-refractivity contribution in [3.8, 4) is 5.75 Å². The molecule has 3 rings (SSSR count). The van der Waals surface area contributed by atoms with Crippen LogP contribution in [0, 0.1) is 0 Å². The van der Waals surface area contributed by atoms with Gasteiger partial charge in [0, 0.05) is 11.8 Å². The molecule has 0 aliphatic heterocycles. The van der Waals surface area contributed by atoms with Gasteiger partial charge in [-0.3, -0.25) is 0 Å². The van der Waals surface area contributed by atoms with Crippen molar-refractivity contribution in [2.24, 2.45) is 5.73 Å². The standard InChI is InChI=1S/C23H26N2OS/c24-23(27)25-20-13-8-14-21(17-20)26-16-6-2-1-3-9-18-11-7-12-19-10-4-5-15-22(18)19/h4-5,7-8,10-15,17H,1-3,6,9,16H2,(H3,24,25,27). The molecule has 0 unspecified atom stereocenters. The number of anilines is 1. The van der Waals surface area contributed by atoms with Gasteiger partial charge in [-0.1, -0.05) is 61.4 Å². The lowest BCUT2D eigenvalue weighted by Gasteiger charge is -2.09. The lowest BCUT2D eigenvalue weighted by Crippen LogP contribution is -2.18. The number of unbranched alkanes of at least 4 members (excludes halogenated alkanes) is 3. The maximum atomic E-state index is 5.83. The third-order valence-electron chi connectivity index (χ3n) is 4.59. The van der Waals surface area contributed by atoms with Gasteiger partial charge in [-0.15, -0.1) is 0 Å². The molecule has 140 valence electrons. The monoisotopic (exact) mass is 378 g/mol. The van der Waals surface area contributed by atoms with Crippen molar-refractivity contribution in [3.63, 3.8) is 0 Å². The first-order valence-corrected chi connectivity index (χ1v) is 9.89. The molecule has 4 heteroatoms. The van der Waals surface area contributed by atoms with Crippen molar-refractivity contribution in [1.29, 1.82) is 0 Å². The number of benzene rings is 3. The zero-order valence-corrected chi connectivity index (χ0v) is 16.3. The van der Waals surface area contributed by atoms with Gasteiger partial charge in [0.1, 0.15) is 5.75 Å². The van der Waals surface area contributed by atoms with Crippen LogP contribution < -0.4 is 15.8 Å². The topological polar surface area (TPSA) is 47.3 Å². The molecule has 0 saturated carbocycles. The van der Waals surface area contributed by atoms with Crippen LogP contribution in [0.1, 0.15) is 31.2 Å². The Morgan fingerprint density at radius 2 is 1.67 bits per heavy atom. The molecule has 0 heterocycles. The van der Waals surface area contributed by atoms with E-state index in [1.54, 1.807) is 0 Å². The number of nitrogens with one attached hydrogen (secondary N) is 1. The number of ether oxygens (including phenoxy) is 1. The maximum absolute atomic E-state index is 5.83. The largest absolute Gasteiger partial charge is 0.494 e. The molecule has 3 N–H and O–H groups in total. The molecule has 0 spiro atoms. The smallest absolute Gasteiger partial charge is 0.168 e. The van der Waals surface area contributed by atoms with Crippen LogP contribution in [0.5, 0.6) is 5.75 Å². The molecule has 0 amide bonds. The van der Waals surface area contributed by atoms with Gasteiger partial charge in [-0.05, 0) is 59.9 Å². The number of hydrogen-bond acceptors (Lipinski definition) is 2. The molecule has 0 saturated heterocycles. The Kier molecular flexibility index (Phi) is 7.05. The zero-order valence-electron chi connectivity index (χ0n) is 15.5. The van der Waals surface area contributed by atoms with Crippen molar-refractivity contribution in [2.75, 3.05) is 11.9 Å². The Morgan fingerprint density at radius 1 is 0.889 bits per heavy atom. The fraction of sp³-hybridized carbons (Fsp3) is 0.261. The van der Waals surface area contributed by atoms with Crippen molar-refractivity contribution in [2.45, 2.75) is 32.1 Å². The molecule has 0 aliphatic rings. The molecule has 3 aromatic rings. The molecular weight excluding hydrogens is 352 g/mol. The van der Waals surface area contributed by atoms with Gasteiger partial charge in [0.25, 0.3) is 0 Å². The fourth-order valence-corrected chi connectivity index (χ4v) is 3.40. The molecular formula is C23H26N2OS. The predicted molar refractivity (Wildman–Crippen MR) is 118 cm³/mol. The summed E-state index contributed by atoms with van der Waals surface area (Å²) < 4.78 is 5.83. The number of hydrogen-bond donors (Lipinski definition) is 2. The molecule has 0 bridgehead atoms. The SMILES string of the molecule is NC(=S)Nc1cccc(OCCCCCCc2cccc3ccccc23)c1. The van der Waals surface area contributed by atoms with Crippen LogP contribution in [0.25, 0.3) is 10.8 Å². The van der Waals surface area contributed by atoms with Crippen LogP contribution in [-0.2, 0) is 6.42 Å². The number of rotatable bonds is 9. The summed E-state index contributed by atoms with van der Waals surface area (Å²) in [4.78, 5) is 0. The Morgan fingerprint density at radius 3 is 2.56 bits per heavy atom. The number of nitrogens with two attached hydrogens (primary N) is 1. The first-order chi connectivity index (χ1) is 13.2. The van der Waals surface area contributed by atoms with E-state index in [2.05, 4.69) is 47.8 Å². The second-order valence-electron chi connectivity index (χ2n) is 6.67. The third kappa shape index (κ3) is 5.97. The van der Waals surface area contributed by atoms with E-state index in [4.69, 9.17) is 22.7 Å². The van der Waals surface area contributed by atoms with E-state index >= 15 is 0 Å². The first kappa shape index (κ1) is 19.2. The van der Waals surface area contributed by atoms with Gasteiger partial charge in [-0.2, -0.15) is 0 Å². The Hall–Kier alpha value is -2.59. The molecule has 0 fully saturated rings. The normalized spacial score (nSPS) is 10.7. The minimum Gasteiger partial charge on any atom is -0.494 e. The molecule has 0 aromatic heterocycles. The van der Waals surface area contributed by atoms with Crippen LogP contribution in [0.15, 0.2) is 66.7 Å². The fourth-order valence-electron chi connectivity index (χ4n) is 3.28. The minimum absolute atomic E-state index is 0.262. The molecule has 27 heavy (non-hydrogen) atoms. The highest BCUT2D eigenvalue weighted by Gasteiger charge is 2.01. The van der Waals surface area contributed by atoms with E-state index in [0.717, 1.165) is 30.9 Å². The molecule has 3 nitrogen and oxygen atoms in total. The van der Waals surface area contributed by atoms with Crippen LogP contribution in [0.2, 0.25) is 0 Å². The second kappa shape index (κ2) is 9.93. The highest BCUT2D eigenvalue weighted by atomic mass is 32.1. The van der Waals surface area contributed by atoms with Crippen molar-refractivity contribution < 1.29 is 4.74 Å². The molecule has 0 atom stereocenters. The maximum Gasteiger partial charge on any atom is 0.168 e. The van der Waals surface area contributed by atoms with Gasteiger partial charge in [0.15, 0.2) is 5.11 Å². The summed E-state index contributed by atoms with van der Waals surface area (Å²) in [5, 5.41) is 5.90. The number of aryl methyl sites for hydroxylation is 1. The van der Waals surface area contributed by atoms with Crippen molar-refractivity contribution >= 4 is 33.8 Å². The van der Waals surface area contributed by atoms with Crippen LogP contribution in [0.3, 0.4) is 0 Å². The van der Waals surface area contributed by atoms with E-state index in [0.29, 0.717) is 0 Å². The van der Waals surface area contributed by atoms with Gasteiger partial charge in [-0.25, -0.2) is 0 Å². The van der Waals surface area contributed by atoms with E-state index < -0.39 is 0 Å². The summed E-state index contributed by atoms with van der Waals surface area (Å²) in [5.74, 6) is 0.840. The van der Waals surface area contributed by atoms with Crippen LogP contribution in [-0.4, -0.2) is 11.7 Å². The number of thiocarbonyl (C=S) groups is 1. The van der Waals surface area contributed by atoms with Gasteiger partial charge in [0.2, 0.25) is 0 Å². The summed E-state index contributed by atoms with van der Waals surface area (Å²) in [6.45, 7) is 0.727. The summed E-state index contributed by atoms with van der Waals surface area (Å²) in [6.07, 6.45) is 5.80. The van der Waals surface area contributed by atoms with Crippen LogP contribution >= 0.6 is 12.2 Å². The quantitative estimate of drug-likeness (QED) is 0.372. The summed E-state index contributed by atoms with van der Waals surface area (Å²) in [7, 11) is 0. The third-order valence-corrected chi connectivity index (χ3v) is 4.69. The van der Waals surface area contributed by atoms with Crippen molar-refractivity contribution in [1.82, 2.24) is 0 Å². The average Bonchev–Trinajstić information content (AvgIpc) is 2.67. The zero-order chi connectivity index (χ0) is 18.9. The van der Waals surface area contributed by atoms with Gasteiger partial charge < -0.3 is 15.8 Å². The first-order valence-electron chi connectivity index (χ1n) is 9.48. The van der Waals surface area contributed by atoms with E-state index in [1.165, 1.54) is 35.6 Å². The van der Waals surface area contributed by atoms with Crippen molar-refractivity contribution in [3.05, 3.63) is 72.3 Å². The molecule has 0 aliphatic carbocycles. The van der Waals surface area contributed by atoms with Gasteiger partial charge >= 0.3 is 0 Å². The van der Waals surface area contributed by atoms with E-state index in [1.807, 2.05) is 24.3 Å². The number of fused-ring (bicyclic) bond motifs is 1. The highest BCUT2D eigenvalue weighted by molar-refractivity contribution is 7.80. The minimum atomic E-state index is 0.262. The summed E-state index contributed by atoms with van der Waals surface area (Å²) in [6, 6.07) is 22.9. The van der Waals surface area contributed by atoms with Gasteiger partial charge in [0.05, 0.1) is 6.61 Å². The second-order valence-corrected chi connectivity index (χ2v) is 7.11. The summed E-state index contributed by atoms with van der Waals surface area (Å²) in [5.41, 5.74) is 7.80. The summed E-state index contributed by atoms with van der Waals surface area (Å²) >= 11 is 4.85. The van der Waals surface area contributed by atoms with E-state index in [9.17, 15) is 0 Å². The Bertz CT molecular complexity index is 889. The lowest BCUT2D eigenvalue weighted by atomic mass is 9.99. The molecule has 3 aromatic carbocycles. The van der Waals surface area contributed by atoms with E-state index in [-0.39, 0.29) is 5.11 Å². The molecule has 0 radical (unpaired) electrons. The predicted octanol–water partition coefficient (Wildman–Crippen LogP) is 5.68. The van der Waals surface area contributed by atoms with Crippen LogP contribution in [0.4, 0.5) is 5.69 Å². The Labute approximate surface area is 166 Å². The average molecular weight is 379 g/mol. The lowest BCUT2D eigenvalue weighted by molar-refractivity contribution is 0.305. The Balaban J connectivity index is 1.36.